The van der Waals surface area contributed by atoms with Gasteiger partial charge in [-0.2, -0.15) is 8.42 Å². The van der Waals surface area contributed by atoms with Crippen LogP contribution in [-0.2, 0) is 10.1 Å². The van der Waals surface area contributed by atoms with Crippen molar-refractivity contribution < 1.29 is 13.0 Å². The number of allylic oxidation sites excluding steroid dienone is 3. The van der Waals surface area contributed by atoms with Crippen LogP contribution in [0.1, 0.15) is 20.3 Å². The lowest BCUT2D eigenvalue weighted by molar-refractivity contribution is 0.492. The monoisotopic (exact) mass is 176 g/mol. The van der Waals surface area contributed by atoms with Crippen LogP contribution in [0.2, 0.25) is 0 Å². The molecule has 1 N–H and O–H groups in total. The maximum absolute atomic E-state index is 10.5. The lowest BCUT2D eigenvalue weighted by Crippen LogP contribution is -1.98. The van der Waals surface area contributed by atoms with E-state index < -0.39 is 10.1 Å². The van der Waals surface area contributed by atoms with Crippen molar-refractivity contribution >= 4 is 10.1 Å². The van der Waals surface area contributed by atoms with Crippen LogP contribution in [0.15, 0.2) is 23.1 Å². The molecule has 0 unspecified atom stereocenters. The largest absolute Gasteiger partial charge is 0.294 e. The first kappa shape index (κ1) is 10.4. The van der Waals surface area contributed by atoms with Crippen molar-refractivity contribution in [1.29, 1.82) is 0 Å². The van der Waals surface area contributed by atoms with E-state index in [4.69, 9.17) is 4.55 Å². The fraction of sp³-hybridized carbons (Fsp3) is 0.429. The van der Waals surface area contributed by atoms with E-state index in [1.54, 1.807) is 13.0 Å². The average Bonchev–Trinajstić information content (AvgIpc) is 1.87. The highest BCUT2D eigenvalue weighted by molar-refractivity contribution is 7.90. The van der Waals surface area contributed by atoms with Crippen molar-refractivity contribution in [1.82, 2.24) is 0 Å². The van der Waals surface area contributed by atoms with Gasteiger partial charge in [0.05, 0.1) is 4.91 Å². The first-order valence-corrected chi connectivity index (χ1v) is 4.76. The van der Waals surface area contributed by atoms with Crippen LogP contribution in [0.25, 0.3) is 0 Å². The molecule has 0 rings (SSSR count). The zero-order valence-electron chi connectivity index (χ0n) is 6.61. The van der Waals surface area contributed by atoms with Gasteiger partial charge < -0.3 is 0 Å². The molecule has 0 saturated carbocycles. The van der Waals surface area contributed by atoms with Crippen molar-refractivity contribution in [3.63, 3.8) is 0 Å². The van der Waals surface area contributed by atoms with Crippen molar-refractivity contribution in [2.24, 2.45) is 0 Å². The van der Waals surface area contributed by atoms with Crippen molar-refractivity contribution in [2.45, 2.75) is 20.3 Å². The molecular weight excluding hydrogens is 164 g/mol. The molecule has 0 atom stereocenters. The molecule has 0 aliphatic heterocycles. The first-order valence-electron chi connectivity index (χ1n) is 3.32. The Morgan fingerprint density at radius 2 is 2.09 bits per heavy atom. The summed E-state index contributed by atoms with van der Waals surface area (Å²) in [6.07, 6.45) is 5.15. The Bertz CT molecular complexity index is 259. The summed E-state index contributed by atoms with van der Waals surface area (Å²) in [7, 11) is -4.01. The van der Waals surface area contributed by atoms with Gasteiger partial charge in [-0.25, -0.2) is 0 Å². The lowest BCUT2D eigenvalue weighted by atomic mass is 10.4. The van der Waals surface area contributed by atoms with E-state index in [0.29, 0.717) is 0 Å². The Kier molecular flexibility index (Phi) is 4.07. The molecule has 0 aromatic carbocycles. The molecule has 0 spiro atoms. The zero-order chi connectivity index (χ0) is 8.91. The molecule has 0 heterocycles. The van der Waals surface area contributed by atoms with Gasteiger partial charge in [0.2, 0.25) is 0 Å². The van der Waals surface area contributed by atoms with Crippen LogP contribution in [0.3, 0.4) is 0 Å². The highest BCUT2D eigenvalue weighted by atomic mass is 32.2. The molecule has 0 aliphatic rings. The Balaban J connectivity index is 4.61. The molecule has 0 aromatic rings. The summed E-state index contributed by atoms with van der Waals surface area (Å²) in [5.41, 5.74) is 0. The van der Waals surface area contributed by atoms with Gasteiger partial charge in [0.25, 0.3) is 10.1 Å². The summed E-state index contributed by atoms with van der Waals surface area (Å²) in [4.78, 5) is -0.0562. The molecule has 64 valence electrons. The molecule has 11 heavy (non-hydrogen) atoms. The molecule has 3 nitrogen and oxygen atoms in total. The van der Waals surface area contributed by atoms with Crippen LogP contribution in [-0.4, -0.2) is 13.0 Å². The quantitative estimate of drug-likeness (QED) is 0.526. The molecule has 0 amide bonds. The van der Waals surface area contributed by atoms with Crippen LogP contribution in [0, 0.1) is 0 Å². The summed E-state index contributed by atoms with van der Waals surface area (Å²) in [5, 5.41) is 0. The Morgan fingerprint density at radius 3 is 2.36 bits per heavy atom. The van der Waals surface area contributed by atoms with Crippen LogP contribution in [0.4, 0.5) is 0 Å². The second kappa shape index (κ2) is 4.31. The maximum Gasteiger partial charge on any atom is 0.294 e. The fourth-order valence-electron chi connectivity index (χ4n) is 0.565. The minimum Gasteiger partial charge on any atom is -0.282 e. The Morgan fingerprint density at radius 1 is 1.55 bits per heavy atom. The number of hydrogen-bond donors (Lipinski definition) is 1. The average molecular weight is 176 g/mol. The van der Waals surface area contributed by atoms with Gasteiger partial charge in [0.15, 0.2) is 0 Å². The van der Waals surface area contributed by atoms with E-state index in [-0.39, 0.29) is 4.91 Å². The van der Waals surface area contributed by atoms with Gasteiger partial charge in [0.1, 0.15) is 0 Å². The van der Waals surface area contributed by atoms with E-state index in [1.807, 2.05) is 6.92 Å². The Hall–Kier alpha value is -0.610. The SMILES string of the molecule is C/C=C(/C=C/CC)S(=O)(=O)O. The van der Waals surface area contributed by atoms with Crippen molar-refractivity contribution in [3.8, 4) is 0 Å². The second-order valence-electron chi connectivity index (χ2n) is 1.98. The third kappa shape index (κ3) is 3.95. The topological polar surface area (TPSA) is 54.4 Å². The summed E-state index contributed by atoms with van der Waals surface area (Å²) in [5.74, 6) is 0. The molecule has 0 radical (unpaired) electrons. The molecule has 4 heteroatoms. The van der Waals surface area contributed by atoms with E-state index in [0.717, 1.165) is 6.42 Å². The molecule has 0 bridgehead atoms. The summed E-state index contributed by atoms with van der Waals surface area (Å²) < 4.78 is 29.6. The molecule has 0 aromatic heterocycles. The van der Waals surface area contributed by atoms with Crippen LogP contribution >= 0.6 is 0 Å². The number of hydrogen-bond acceptors (Lipinski definition) is 2. The van der Waals surface area contributed by atoms with Gasteiger partial charge in [0, 0.05) is 0 Å². The summed E-state index contributed by atoms with van der Waals surface area (Å²) in [6.45, 7) is 3.44. The third-order valence-corrected chi connectivity index (χ3v) is 2.07. The lowest BCUT2D eigenvalue weighted by Gasteiger charge is -1.93. The third-order valence-electron chi connectivity index (χ3n) is 1.10. The molecular formula is C7H12O3S. The van der Waals surface area contributed by atoms with Crippen LogP contribution < -0.4 is 0 Å². The molecule has 0 saturated heterocycles. The summed E-state index contributed by atoms with van der Waals surface area (Å²) in [6, 6.07) is 0. The zero-order valence-corrected chi connectivity index (χ0v) is 7.43. The van der Waals surface area contributed by atoms with E-state index in [9.17, 15) is 8.42 Å². The minimum atomic E-state index is -4.01. The normalized spacial score (nSPS) is 14.3. The fourth-order valence-corrected chi connectivity index (χ4v) is 1.13. The maximum atomic E-state index is 10.5. The molecule has 0 aliphatic carbocycles. The van der Waals surface area contributed by atoms with E-state index >= 15 is 0 Å². The van der Waals surface area contributed by atoms with Crippen molar-refractivity contribution in [2.75, 3.05) is 0 Å². The van der Waals surface area contributed by atoms with Crippen molar-refractivity contribution in [3.05, 3.63) is 23.1 Å². The second-order valence-corrected chi connectivity index (χ2v) is 3.40. The highest BCUT2D eigenvalue weighted by Gasteiger charge is 2.07. The van der Waals surface area contributed by atoms with Gasteiger partial charge in [-0.3, -0.25) is 4.55 Å². The van der Waals surface area contributed by atoms with E-state index in [2.05, 4.69) is 0 Å². The van der Waals surface area contributed by atoms with Crippen LogP contribution in [0.5, 0.6) is 0 Å². The number of rotatable bonds is 3. The standard InChI is InChI=1S/C7H12O3S/c1-3-5-6-7(4-2)11(8,9)10/h4-6H,3H2,1-2H3,(H,8,9,10)/b6-5+,7-4-. The van der Waals surface area contributed by atoms with Gasteiger partial charge in [-0.15, -0.1) is 0 Å². The Labute approximate surface area is 67.2 Å². The van der Waals surface area contributed by atoms with Gasteiger partial charge >= 0.3 is 0 Å². The first-order chi connectivity index (χ1) is 5.02. The summed E-state index contributed by atoms with van der Waals surface area (Å²) >= 11 is 0. The predicted molar refractivity (Wildman–Crippen MR) is 44.7 cm³/mol. The predicted octanol–water partition coefficient (Wildman–Crippen LogP) is 1.74. The van der Waals surface area contributed by atoms with Gasteiger partial charge in [-0.05, 0) is 19.4 Å². The molecule has 0 fully saturated rings. The van der Waals surface area contributed by atoms with Gasteiger partial charge in [-0.1, -0.05) is 19.1 Å². The highest BCUT2D eigenvalue weighted by Crippen LogP contribution is 2.05. The minimum absolute atomic E-state index is 0.0562. The van der Waals surface area contributed by atoms with E-state index in [1.165, 1.54) is 12.2 Å². The smallest absolute Gasteiger partial charge is 0.282 e.